The molecule has 122 valence electrons. The van der Waals surface area contributed by atoms with E-state index in [0.717, 1.165) is 11.5 Å². The Kier molecular flexibility index (Phi) is 4.87. The van der Waals surface area contributed by atoms with Gasteiger partial charge in [0.1, 0.15) is 11.4 Å². The average molecular weight is 295 g/mol. The third kappa shape index (κ3) is 2.97. The molecule has 0 aromatic carbocycles. The lowest BCUT2D eigenvalue weighted by Gasteiger charge is -2.41. The van der Waals surface area contributed by atoms with Crippen molar-refractivity contribution in [1.82, 2.24) is 4.90 Å². The van der Waals surface area contributed by atoms with Crippen LogP contribution in [0.15, 0.2) is 11.5 Å². The smallest absolute Gasteiger partial charge is 0.236 e. The van der Waals surface area contributed by atoms with E-state index in [1.807, 2.05) is 32.6 Å². The van der Waals surface area contributed by atoms with Gasteiger partial charge in [0, 0.05) is 12.0 Å². The molecule has 0 saturated heterocycles. The summed E-state index contributed by atoms with van der Waals surface area (Å²) in [6, 6.07) is 0.125. The van der Waals surface area contributed by atoms with Crippen molar-refractivity contribution in [2.24, 2.45) is 17.3 Å². The molecule has 0 N–H and O–H groups in total. The molecule has 0 unspecified atom stereocenters. The molecule has 1 heterocycles. The molecule has 1 aliphatic heterocycles. The first kappa shape index (κ1) is 18.1. The molecule has 3 heteroatoms. The van der Waals surface area contributed by atoms with Crippen molar-refractivity contribution in [1.29, 1.82) is 0 Å². The maximum atomic E-state index is 13.2. The Morgan fingerprint density at radius 3 is 1.71 bits per heavy atom. The summed E-state index contributed by atoms with van der Waals surface area (Å²) in [6.45, 7) is 20.7. The van der Waals surface area contributed by atoms with Gasteiger partial charge in [-0.05, 0) is 47.5 Å². The lowest BCUT2D eigenvalue weighted by atomic mass is 9.75. The van der Waals surface area contributed by atoms with Crippen LogP contribution in [0.3, 0.4) is 0 Å². The number of carbonyl (C=O) groups excluding carboxylic acids is 1. The zero-order valence-corrected chi connectivity index (χ0v) is 15.5. The lowest BCUT2D eigenvalue weighted by Crippen LogP contribution is -2.52. The summed E-state index contributed by atoms with van der Waals surface area (Å²) in [5.74, 6) is 1.62. The predicted molar refractivity (Wildman–Crippen MR) is 87.6 cm³/mol. The number of amides is 1. The van der Waals surface area contributed by atoms with E-state index in [1.165, 1.54) is 0 Å². The standard InChI is InChI=1S/C18H33NO2/c1-11(2)14-15(12(3)4)21-18(9,10)17(7,8)16(20)19(14)13(5)6/h11-13H,1-10H3. The fraction of sp³-hybridized carbons (Fsp3) is 0.833. The Bertz CT molecular complexity index is 442. The van der Waals surface area contributed by atoms with Crippen molar-refractivity contribution in [3.8, 4) is 0 Å². The molecule has 0 radical (unpaired) electrons. The van der Waals surface area contributed by atoms with Crippen molar-refractivity contribution < 1.29 is 9.53 Å². The summed E-state index contributed by atoms with van der Waals surface area (Å²) in [5.41, 5.74) is -0.0646. The van der Waals surface area contributed by atoms with E-state index < -0.39 is 11.0 Å². The summed E-state index contributed by atoms with van der Waals surface area (Å²) in [6.07, 6.45) is 0. The number of allylic oxidation sites excluding steroid dienone is 2. The molecule has 21 heavy (non-hydrogen) atoms. The molecule has 0 atom stereocenters. The minimum atomic E-state index is -0.575. The second kappa shape index (κ2) is 5.66. The Morgan fingerprint density at radius 1 is 0.905 bits per heavy atom. The molecule has 0 aromatic rings. The SMILES string of the molecule is CC(C)C1=C(C(C)C)N(C(C)C)C(=O)C(C)(C)C(C)(C)O1. The minimum Gasteiger partial charge on any atom is -0.489 e. The summed E-state index contributed by atoms with van der Waals surface area (Å²) in [4.78, 5) is 15.2. The van der Waals surface area contributed by atoms with Crippen molar-refractivity contribution in [2.45, 2.75) is 80.9 Å². The van der Waals surface area contributed by atoms with Gasteiger partial charge in [-0.25, -0.2) is 0 Å². The first-order valence-electron chi connectivity index (χ1n) is 8.11. The molecular formula is C18H33NO2. The predicted octanol–water partition coefficient (Wildman–Crippen LogP) is 4.58. The average Bonchev–Trinajstić information content (AvgIpc) is 2.35. The van der Waals surface area contributed by atoms with Crippen LogP contribution in [0.5, 0.6) is 0 Å². The van der Waals surface area contributed by atoms with Crippen molar-refractivity contribution in [3.63, 3.8) is 0 Å². The molecule has 3 nitrogen and oxygen atoms in total. The highest BCUT2D eigenvalue weighted by atomic mass is 16.5. The van der Waals surface area contributed by atoms with Crippen LogP contribution in [0, 0.1) is 17.3 Å². The first-order chi connectivity index (χ1) is 9.34. The van der Waals surface area contributed by atoms with Gasteiger partial charge in [-0.15, -0.1) is 0 Å². The largest absolute Gasteiger partial charge is 0.489 e. The highest BCUT2D eigenvalue weighted by Gasteiger charge is 2.51. The van der Waals surface area contributed by atoms with Crippen molar-refractivity contribution in [3.05, 3.63) is 11.5 Å². The fourth-order valence-corrected chi connectivity index (χ4v) is 2.73. The van der Waals surface area contributed by atoms with Gasteiger partial charge in [-0.2, -0.15) is 0 Å². The van der Waals surface area contributed by atoms with Gasteiger partial charge in [-0.1, -0.05) is 27.7 Å². The molecule has 0 bridgehead atoms. The molecule has 1 amide bonds. The van der Waals surface area contributed by atoms with Crippen LogP contribution in [-0.2, 0) is 9.53 Å². The molecule has 0 spiro atoms. The van der Waals surface area contributed by atoms with Gasteiger partial charge in [0.2, 0.25) is 5.91 Å². The van der Waals surface area contributed by atoms with Crippen LogP contribution in [0.25, 0.3) is 0 Å². The topological polar surface area (TPSA) is 29.5 Å². The highest BCUT2D eigenvalue weighted by molar-refractivity contribution is 5.85. The minimum absolute atomic E-state index is 0.125. The van der Waals surface area contributed by atoms with E-state index in [0.29, 0.717) is 0 Å². The third-order valence-electron chi connectivity index (χ3n) is 4.72. The van der Waals surface area contributed by atoms with Crippen LogP contribution < -0.4 is 0 Å². The van der Waals surface area contributed by atoms with Crippen LogP contribution in [-0.4, -0.2) is 22.4 Å². The van der Waals surface area contributed by atoms with Gasteiger partial charge in [0.05, 0.1) is 11.1 Å². The zero-order valence-electron chi connectivity index (χ0n) is 15.5. The van der Waals surface area contributed by atoms with Crippen molar-refractivity contribution in [2.75, 3.05) is 0 Å². The second-order valence-corrected chi connectivity index (χ2v) is 8.07. The summed E-state index contributed by atoms with van der Waals surface area (Å²) >= 11 is 0. The zero-order chi connectivity index (χ0) is 16.7. The van der Waals surface area contributed by atoms with Gasteiger partial charge >= 0.3 is 0 Å². The van der Waals surface area contributed by atoms with Gasteiger partial charge in [-0.3, -0.25) is 4.79 Å². The van der Waals surface area contributed by atoms with Crippen LogP contribution in [0.1, 0.15) is 69.2 Å². The number of rotatable bonds is 3. The van der Waals surface area contributed by atoms with Crippen molar-refractivity contribution >= 4 is 5.91 Å². The monoisotopic (exact) mass is 295 g/mol. The molecule has 0 aromatic heterocycles. The highest BCUT2D eigenvalue weighted by Crippen LogP contribution is 2.45. The molecule has 1 rings (SSSR count). The lowest BCUT2D eigenvalue weighted by molar-refractivity contribution is -0.152. The van der Waals surface area contributed by atoms with E-state index in [4.69, 9.17) is 4.74 Å². The second-order valence-electron chi connectivity index (χ2n) is 8.07. The normalized spacial score (nSPS) is 22.1. The number of hydrogen-bond donors (Lipinski definition) is 0. The maximum Gasteiger partial charge on any atom is 0.236 e. The van der Waals surface area contributed by atoms with E-state index in [1.54, 1.807) is 0 Å². The van der Waals surface area contributed by atoms with Gasteiger partial charge in [0.25, 0.3) is 0 Å². The molecular weight excluding hydrogens is 262 g/mol. The molecule has 0 saturated carbocycles. The summed E-state index contributed by atoms with van der Waals surface area (Å²) in [5, 5.41) is 0. The van der Waals surface area contributed by atoms with Crippen LogP contribution in [0.4, 0.5) is 0 Å². The van der Waals surface area contributed by atoms with Crippen LogP contribution >= 0.6 is 0 Å². The van der Waals surface area contributed by atoms with E-state index in [9.17, 15) is 4.79 Å². The molecule has 0 fully saturated rings. The number of hydrogen-bond acceptors (Lipinski definition) is 2. The third-order valence-corrected chi connectivity index (χ3v) is 4.72. The summed E-state index contributed by atoms with van der Waals surface area (Å²) < 4.78 is 6.42. The van der Waals surface area contributed by atoms with E-state index >= 15 is 0 Å². The Balaban J connectivity index is 3.65. The van der Waals surface area contributed by atoms with Gasteiger partial charge in [0.15, 0.2) is 0 Å². The fourth-order valence-electron chi connectivity index (χ4n) is 2.73. The molecule has 0 aliphatic carbocycles. The Labute approximate surface area is 130 Å². The van der Waals surface area contributed by atoms with E-state index in [-0.39, 0.29) is 23.8 Å². The van der Waals surface area contributed by atoms with Crippen LogP contribution in [0.2, 0.25) is 0 Å². The van der Waals surface area contributed by atoms with E-state index in [2.05, 4.69) is 41.5 Å². The Morgan fingerprint density at radius 2 is 1.38 bits per heavy atom. The first-order valence-corrected chi connectivity index (χ1v) is 8.11. The summed E-state index contributed by atoms with van der Waals surface area (Å²) in [7, 11) is 0. The number of carbonyl (C=O) groups is 1. The molecule has 1 aliphatic rings. The number of ether oxygens (including phenoxy) is 1. The Hall–Kier alpha value is -0.990. The number of nitrogens with zero attached hydrogens (tertiary/aromatic N) is 1. The van der Waals surface area contributed by atoms with Gasteiger partial charge < -0.3 is 9.64 Å². The maximum absolute atomic E-state index is 13.2. The quantitative estimate of drug-likeness (QED) is 0.762.